The molecule has 6 nitrogen and oxygen atoms in total. The molecule has 8 heteroatoms. The molecule has 1 N–H and O–H groups in total. The van der Waals surface area contributed by atoms with Gasteiger partial charge in [0, 0.05) is 59.7 Å². The van der Waals surface area contributed by atoms with Crippen LogP contribution in [0.5, 0.6) is 0 Å². The summed E-state index contributed by atoms with van der Waals surface area (Å²) in [7, 11) is 0. The molecule has 0 saturated carbocycles. The van der Waals surface area contributed by atoms with Gasteiger partial charge in [0.2, 0.25) is 0 Å². The lowest BCUT2D eigenvalue weighted by molar-refractivity contribution is 0.0637. The minimum Gasteiger partial charge on any atom is -0.345 e. The van der Waals surface area contributed by atoms with Crippen LogP contribution in [-0.2, 0) is 12.0 Å². The molecule has 3 aromatic heterocycles. The molecule has 5 heterocycles. The molecule has 2 aliphatic rings. The molecule has 33 heavy (non-hydrogen) atoms. The molecular weight excluding hydrogens is 441 g/mol. The number of aromatic amines is 1. The number of piperidine rings is 1. The van der Waals surface area contributed by atoms with Crippen molar-refractivity contribution >= 4 is 28.5 Å². The molecule has 1 fully saturated rings. The Morgan fingerprint density at radius 2 is 1.88 bits per heavy atom. The quantitative estimate of drug-likeness (QED) is 0.445. The van der Waals surface area contributed by atoms with Gasteiger partial charge in [0.1, 0.15) is 11.5 Å². The van der Waals surface area contributed by atoms with Crippen molar-refractivity contribution in [1.29, 1.82) is 0 Å². The van der Waals surface area contributed by atoms with Gasteiger partial charge < -0.3 is 9.88 Å². The number of aromatic nitrogens is 4. The number of halogens is 2. The number of nitrogens with zero attached hydrogens (tertiary/aromatic N) is 4. The lowest BCUT2D eigenvalue weighted by atomic mass is 9.70. The first kappa shape index (κ1) is 20.4. The third kappa shape index (κ3) is 3.42. The van der Waals surface area contributed by atoms with Crippen molar-refractivity contribution in [2.45, 2.75) is 37.6 Å². The number of carbonyl (C=O) groups excluding carboxylic acids is 1. The highest BCUT2D eigenvalue weighted by Crippen LogP contribution is 2.44. The third-order valence-electron chi connectivity index (χ3n) is 7.22. The first-order valence-electron chi connectivity index (χ1n) is 11.3. The molecule has 1 saturated heterocycles. The van der Waals surface area contributed by atoms with E-state index in [0.717, 1.165) is 54.5 Å². The van der Waals surface area contributed by atoms with Crippen molar-refractivity contribution in [3.8, 4) is 11.3 Å². The Morgan fingerprint density at radius 3 is 2.67 bits per heavy atom. The lowest BCUT2D eigenvalue weighted by Crippen LogP contribution is -2.47. The van der Waals surface area contributed by atoms with Crippen LogP contribution in [-0.4, -0.2) is 43.6 Å². The Labute approximate surface area is 195 Å². The average molecular weight is 464 g/mol. The van der Waals surface area contributed by atoms with Gasteiger partial charge >= 0.3 is 0 Å². The van der Waals surface area contributed by atoms with Crippen LogP contribution < -0.4 is 0 Å². The van der Waals surface area contributed by atoms with Crippen LogP contribution in [0.1, 0.15) is 41.7 Å². The highest BCUT2D eigenvalue weighted by Gasteiger charge is 2.42. The Kier molecular flexibility index (Phi) is 4.76. The maximum Gasteiger partial charge on any atom is 0.253 e. The molecule has 0 aliphatic carbocycles. The van der Waals surface area contributed by atoms with Crippen molar-refractivity contribution < 1.29 is 9.18 Å². The fraction of sp³-hybridized carbons (Fsp3) is 0.320. The number of amides is 1. The second-order valence-electron chi connectivity index (χ2n) is 9.08. The van der Waals surface area contributed by atoms with Crippen LogP contribution in [0.15, 0.2) is 48.8 Å². The first-order valence-corrected chi connectivity index (χ1v) is 11.7. The largest absolute Gasteiger partial charge is 0.345 e. The molecule has 0 bridgehead atoms. The molecular formula is C25H23ClFN5O. The maximum atomic E-state index is 13.2. The van der Waals surface area contributed by atoms with Gasteiger partial charge in [0.05, 0.1) is 10.7 Å². The number of hydrogen-bond donors (Lipinski definition) is 1. The van der Waals surface area contributed by atoms with Crippen LogP contribution in [0.2, 0.25) is 5.02 Å². The Morgan fingerprint density at radius 1 is 1.09 bits per heavy atom. The summed E-state index contributed by atoms with van der Waals surface area (Å²) in [6.45, 7) is 2.27. The standard InChI is InChI=1S/C25H23ClFN5O/c26-20-15-29-23-19(20)12-17(14-28-23)21-13-22-25(6-1-9-32(22)30-21)7-10-31(11-8-25)24(33)16-2-4-18(27)5-3-16/h2-5,12-15H,1,6-11H2,(H,28,29). The van der Waals surface area contributed by atoms with E-state index in [4.69, 9.17) is 16.7 Å². The van der Waals surface area contributed by atoms with Gasteiger partial charge in [-0.2, -0.15) is 5.10 Å². The van der Waals surface area contributed by atoms with Crippen molar-refractivity contribution in [2.24, 2.45) is 0 Å². The van der Waals surface area contributed by atoms with Gasteiger partial charge in [0.15, 0.2) is 0 Å². The van der Waals surface area contributed by atoms with Gasteiger partial charge in [-0.3, -0.25) is 9.48 Å². The van der Waals surface area contributed by atoms with Gasteiger partial charge in [-0.25, -0.2) is 9.37 Å². The van der Waals surface area contributed by atoms with Gasteiger partial charge in [-0.1, -0.05) is 11.6 Å². The topological polar surface area (TPSA) is 66.8 Å². The van der Waals surface area contributed by atoms with Crippen molar-refractivity contribution in [2.75, 3.05) is 13.1 Å². The SMILES string of the molecule is O=C(c1ccc(F)cc1)N1CCC2(CCCn3nc(-c4cnc5[nH]cc(Cl)c5c4)cc32)CC1. The zero-order chi connectivity index (χ0) is 22.6. The minimum absolute atomic E-state index is 0.0202. The lowest BCUT2D eigenvalue weighted by Gasteiger charge is -2.44. The van der Waals surface area contributed by atoms with Gasteiger partial charge in [0.25, 0.3) is 5.91 Å². The Balaban J connectivity index is 1.26. The summed E-state index contributed by atoms with van der Waals surface area (Å²) < 4.78 is 15.4. The maximum absolute atomic E-state index is 13.2. The van der Waals surface area contributed by atoms with Crippen LogP contribution in [0.4, 0.5) is 4.39 Å². The van der Waals surface area contributed by atoms with E-state index in [1.165, 1.54) is 17.8 Å². The van der Waals surface area contributed by atoms with E-state index in [-0.39, 0.29) is 17.1 Å². The summed E-state index contributed by atoms with van der Waals surface area (Å²) >= 11 is 6.29. The normalized spacial score (nSPS) is 17.5. The van der Waals surface area contributed by atoms with Gasteiger partial charge in [-0.05, 0) is 62.1 Å². The summed E-state index contributed by atoms with van der Waals surface area (Å²) in [6.07, 6.45) is 7.54. The van der Waals surface area contributed by atoms with E-state index in [1.807, 2.05) is 17.2 Å². The number of aryl methyl sites for hydroxylation is 1. The highest BCUT2D eigenvalue weighted by molar-refractivity contribution is 6.35. The van der Waals surface area contributed by atoms with E-state index in [0.29, 0.717) is 23.7 Å². The number of fused-ring (bicyclic) bond motifs is 3. The van der Waals surface area contributed by atoms with Crippen molar-refractivity contribution in [3.05, 3.63) is 70.9 Å². The number of pyridine rings is 1. The second-order valence-corrected chi connectivity index (χ2v) is 9.48. The zero-order valence-corrected chi connectivity index (χ0v) is 18.8. The molecule has 4 aromatic rings. The summed E-state index contributed by atoms with van der Waals surface area (Å²) in [6, 6.07) is 10.0. The number of hydrogen-bond acceptors (Lipinski definition) is 3. The summed E-state index contributed by atoms with van der Waals surface area (Å²) in [5, 5.41) is 6.45. The molecule has 168 valence electrons. The number of likely N-dealkylation sites (tertiary alicyclic amines) is 1. The van der Waals surface area contributed by atoms with Crippen LogP contribution in [0, 0.1) is 5.82 Å². The van der Waals surface area contributed by atoms with Gasteiger partial charge in [-0.15, -0.1) is 0 Å². The molecule has 2 aliphatic heterocycles. The molecule has 0 unspecified atom stereocenters. The van der Waals surface area contributed by atoms with Crippen molar-refractivity contribution in [1.82, 2.24) is 24.6 Å². The molecule has 0 atom stereocenters. The monoisotopic (exact) mass is 463 g/mol. The summed E-state index contributed by atoms with van der Waals surface area (Å²) in [5.41, 5.74) is 4.43. The van der Waals surface area contributed by atoms with Crippen LogP contribution >= 0.6 is 11.6 Å². The minimum atomic E-state index is -0.330. The number of carbonyl (C=O) groups is 1. The number of rotatable bonds is 2. The molecule has 1 spiro atoms. The predicted molar refractivity (Wildman–Crippen MR) is 125 cm³/mol. The van der Waals surface area contributed by atoms with Crippen molar-refractivity contribution in [3.63, 3.8) is 0 Å². The highest BCUT2D eigenvalue weighted by atomic mass is 35.5. The van der Waals surface area contributed by atoms with E-state index in [1.54, 1.807) is 18.3 Å². The Bertz CT molecular complexity index is 1350. The van der Waals surface area contributed by atoms with E-state index in [9.17, 15) is 9.18 Å². The van der Waals surface area contributed by atoms with Crippen LogP contribution in [0.25, 0.3) is 22.3 Å². The van der Waals surface area contributed by atoms with E-state index < -0.39 is 0 Å². The predicted octanol–water partition coefficient (Wildman–Crippen LogP) is 5.19. The Hall–Kier alpha value is -3.19. The van der Waals surface area contributed by atoms with Crippen LogP contribution in [0.3, 0.4) is 0 Å². The fourth-order valence-corrected chi connectivity index (χ4v) is 5.58. The fourth-order valence-electron chi connectivity index (χ4n) is 5.38. The number of nitrogens with one attached hydrogen (secondary N) is 1. The number of benzene rings is 1. The smallest absolute Gasteiger partial charge is 0.253 e. The molecule has 0 radical (unpaired) electrons. The second kappa shape index (κ2) is 7.70. The number of H-pyrrole nitrogens is 1. The summed E-state index contributed by atoms with van der Waals surface area (Å²) in [4.78, 5) is 22.3. The summed E-state index contributed by atoms with van der Waals surface area (Å²) in [5.74, 6) is -0.360. The zero-order valence-electron chi connectivity index (χ0n) is 18.0. The first-order chi connectivity index (χ1) is 16.0. The molecule has 1 amide bonds. The molecule has 6 rings (SSSR count). The average Bonchev–Trinajstić information content (AvgIpc) is 3.44. The third-order valence-corrected chi connectivity index (χ3v) is 7.54. The van der Waals surface area contributed by atoms with E-state index >= 15 is 0 Å². The van der Waals surface area contributed by atoms with E-state index in [2.05, 4.69) is 20.7 Å². The molecule has 1 aromatic carbocycles.